The number of aromatic nitrogens is 1. The van der Waals surface area contributed by atoms with E-state index in [4.69, 9.17) is 9.47 Å². The van der Waals surface area contributed by atoms with Crippen LogP contribution < -0.4 is 14.8 Å². The molecule has 1 N–H and O–H groups in total. The fourth-order valence-corrected chi connectivity index (χ4v) is 3.73. The maximum Gasteiger partial charge on any atom is 0.250 e. The molecule has 0 aliphatic carbocycles. The van der Waals surface area contributed by atoms with Crippen LogP contribution in [0.3, 0.4) is 0 Å². The van der Waals surface area contributed by atoms with Crippen LogP contribution in [-0.2, 0) is 4.79 Å². The summed E-state index contributed by atoms with van der Waals surface area (Å²) in [6.07, 6.45) is 3.16. The number of aryl methyl sites for hydroxylation is 3. The molecule has 6 heteroatoms. The van der Waals surface area contributed by atoms with Crippen molar-refractivity contribution in [3.8, 4) is 22.8 Å². The molecule has 0 spiro atoms. The summed E-state index contributed by atoms with van der Waals surface area (Å²) in [6, 6.07) is 11.7. The Morgan fingerprint density at radius 2 is 1.83 bits per heavy atom. The van der Waals surface area contributed by atoms with Gasteiger partial charge in [0.25, 0.3) is 0 Å². The Balaban J connectivity index is 1.76. The first kappa shape index (κ1) is 20.6. The number of carbonyl (C=O) groups is 1. The quantitative estimate of drug-likeness (QED) is 0.555. The summed E-state index contributed by atoms with van der Waals surface area (Å²) in [5.41, 5.74) is 5.17. The van der Waals surface area contributed by atoms with Gasteiger partial charge in [0.1, 0.15) is 11.5 Å². The third-order valence-electron chi connectivity index (χ3n) is 4.66. The number of benzene rings is 2. The number of amides is 1. The lowest BCUT2D eigenvalue weighted by Crippen LogP contribution is -2.07. The van der Waals surface area contributed by atoms with Gasteiger partial charge < -0.3 is 9.47 Å². The molecule has 0 saturated heterocycles. The Morgan fingerprint density at radius 3 is 2.52 bits per heavy atom. The zero-order valence-corrected chi connectivity index (χ0v) is 18.0. The summed E-state index contributed by atoms with van der Waals surface area (Å²) >= 11 is 1.46. The van der Waals surface area contributed by atoms with E-state index >= 15 is 0 Å². The molecule has 5 nitrogen and oxygen atoms in total. The van der Waals surface area contributed by atoms with Gasteiger partial charge in [0, 0.05) is 22.1 Å². The monoisotopic (exact) mass is 408 g/mol. The molecule has 0 aliphatic rings. The standard InChI is InChI=1S/C23H24N2O3S/c1-14-6-7-18(12-15(14)2)22-16(3)29-23(25-22)24-21(26)11-8-17-13-19(27-4)9-10-20(17)28-5/h6-13H,1-5H3,(H,24,25,26)/b11-8+. The summed E-state index contributed by atoms with van der Waals surface area (Å²) < 4.78 is 10.6. The van der Waals surface area contributed by atoms with E-state index in [-0.39, 0.29) is 5.91 Å². The van der Waals surface area contributed by atoms with Crippen LogP contribution in [0.2, 0.25) is 0 Å². The van der Waals surface area contributed by atoms with Crippen LogP contribution in [-0.4, -0.2) is 25.1 Å². The highest BCUT2D eigenvalue weighted by atomic mass is 32.1. The second kappa shape index (κ2) is 8.92. The van der Waals surface area contributed by atoms with Crippen molar-refractivity contribution in [2.45, 2.75) is 20.8 Å². The molecular weight excluding hydrogens is 384 g/mol. The van der Waals surface area contributed by atoms with Crippen LogP contribution in [0.1, 0.15) is 21.6 Å². The number of rotatable bonds is 6. The SMILES string of the molecule is COc1ccc(OC)c(/C=C/C(=O)Nc2nc(-c3ccc(C)c(C)c3)c(C)s2)c1. The largest absolute Gasteiger partial charge is 0.497 e. The van der Waals surface area contributed by atoms with Gasteiger partial charge in [-0.2, -0.15) is 0 Å². The lowest BCUT2D eigenvalue weighted by molar-refractivity contribution is -0.111. The average molecular weight is 409 g/mol. The molecular formula is C23H24N2O3S. The Kier molecular flexibility index (Phi) is 6.34. The second-order valence-corrected chi connectivity index (χ2v) is 7.86. The molecule has 0 atom stereocenters. The molecule has 0 unspecified atom stereocenters. The Bertz CT molecular complexity index is 1070. The Labute approximate surface area is 175 Å². The number of anilines is 1. The minimum absolute atomic E-state index is 0.254. The molecule has 3 rings (SSSR count). The van der Waals surface area contributed by atoms with Crippen molar-refractivity contribution >= 4 is 28.5 Å². The lowest BCUT2D eigenvalue weighted by Gasteiger charge is -2.07. The minimum atomic E-state index is -0.254. The topological polar surface area (TPSA) is 60.5 Å². The summed E-state index contributed by atoms with van der Waals surface area (Å²) in [5, 5.41) is 3.42. The maximum atomic E-state index is 12.4. The van der Waals surface area contributed by atoms with Gasteiger partial charge in [-0.25, -0.2) is 4.98 Å². The van der Waals surface area contributed by atoms with Crippen LogP contribution >= 0.6 is 11.3 Å². The first-order valence-corrected chi connectivity index (χ1v) is 9.99. The average Bonchev–Trinajstić information content (AvgIpc) is 3.08. The number of methoxy groups -OCH3 is 2. The van der Waals surface area contributed by atoms with Crippen molar-refractivity contribution in [2.24, 2.45) is 0 Å². The van der Waals surface area contributed by atoms with Crippen molar-refractivity contribution in [1.82, 2.24) is 4.98 Å². The number of thiazole rings is 1. The molecule has 0 bridgehead atoms. The second-order valence-electron chi connectivity index (χ2n) is 6.65. The van der Waals surface area contributed by atoms with Crippen LogP contribution in [0.5, 0.6) is 11.5 Å². The van der Waals surface area contributed by atoms with Gasteiger partial charge in [-0.05, 0) is 62.2 Å². The zero-order valence-electron chi connectivity index (χ0n) is 17.2. The van der Waals surface area contributed by atoms with Gasteiger partial charge in [0.05, 0.1) is 19.9 Å². The Morgan fingerprint density at radius 1 is 1.03 bits per heavy atom. The van der Waals surface area contributed by atoms with E-state index in [1.54, 1.807) is 26.4 Å². The third-order valence-corrected chi connectivity index (χ3v) is 5.54. The molecule has 1 heterocycles. The van der Waals surface area contributed by atoms with Crippen LogP contribution in [0.25, 0.3) is 17.3 Å². The number of ether oxygens (including phenoxy) is 2. The van der Waals surface area contributed by atoms with Crippen molar-refractivity contribution in [2.75, 3.05) is 19.5 Å². The molecule has 1 amide bonds. The molecule has 0 fully saturated rings. The molecule has 29 heavy (non-hydrogen) atoms. The van der Waals surface area contributed by atoms with Gasteiger partial charge in [-0.1, -0.05) is 12.1 Å². The smallest absolute Gasteiger partial charge is 0.250 e. The zero-order chi connectivity index (χ0) is 21.0. The van der Waals surface area contributed by atoms with Crippen molar-refractivity contribution in [3.05, 3.63) is 64.0 Å². The van der Waals surface area contributed by atoms with Gasteiger partial charge in [-0.15, -0.1) is 11.3 Å². The van der Waals surface area contributed by atoms with E-state index in [9.17, 15) is 4.79 Å². The minimum Gasteiger partial charge on any atom is -0.497 e. The van der Waals surface area contributed by atoms with Gasteiger partial charge >= 0.3 is 0 Å². The number of nitrogens with zero attached hydrogens (tertiary/aromatic N) is 1. The predicted octanol–water partition coefficient (Wildman–Crippen LogP) is 5.40. The highest BCUT2D eigenvalue weighted by Gasteiger charge is 2.12. The van der Waals surface area contributed by atoms with Gasteiger partial charge in [-0.3, -0.25) is 10.1 Å². The summed E-state index contributed by atoms with van der Waals surface area (Å²) in [5.74, 6) is 1.10. The fourth-order valence-electron chi connectivity index (χ4n) is 2.89. The van der Waals surface area contributed by atoms with Crippen LogP contribution in [0, 0.1) is 20.8 Å². The number of hydrogen-bond acceptors (Lipinski definition) is 5. The van der Waals surface area contributed by atoms with Crippen molar-refractivity contribution in [1.29, 1.82) is 0 Å². The summed E-state index contributed by atoms with van der Waals surface area (Å²) in [7, 11) is 3.19. The fraction of sp³-hybridized carbons (Fsp3) is 0.217. The highest BCUT2D eigenvalue weighted by Crippen LogP contribution is 2.31. The molecule has 0 radical (unpaired) electrons. The van der Waals surface area contributed by atoms with E-state index in [0.717, 1.165) is 21.7 Å². The molecule has 2 aromatic carbocycles. The van der Waals surface area contributed by atoms with Gasteiger partial charge in [0.2, 0.25) is 5.91 Å². The number of hydrogen-bond donors (Lipinski definition) is 1. The van der Waals surface area contributed by atoms with Crippen molar-refractivity contribution in [3.63, 3.8) is 0 Å². The highest BCUT2D eigenvalue weighted by molar-refractivity contribution is 7.16. The van der Waals surface area contributed by atoms with E-state index in [1.807, 2.05) is 19.1 Å². The molecule has 0 aliphatic heterocycles. The van der Waals surface area contributed by atoms with Gasteiger partial charge in [0.15, 0.2) is 5.13 Å². The number of carbonyl (C=O) groups excluding carboxylic acids is 1. The molecule has 3 aromatic rings. The number of nitrogens with one attached hydrogen (secondary N) is 1. The Hall–Kier alpha value is -3.12. The summed E-state index contributed by atoms with van der Waals surface area (Å²) in [6.45, 7) is 6.18. The molecule has 0 saturated carbocycles. The normalized spacial score (nSPS) is 10.9. The van der Waals surface area contributed by atoms with E-state index < -0.39 is 0 Å². The lowest BCUT2D eigenvalue weighted by atomic mass is 10.0. The first-order valence-electron chi connectivity index (χ1n) is 9.17. The van der Waals surface area contributed by atoms with E-state index in [1.165, 1.54) is 28.5 Å². The molecule has 150 valence electrons. The maximum absolute atomic E-state index is 12.4. The third kappa shape index (κ3) is 4.84. The van der Waals surface area contributed by atoms with E-state index in [2.05, 4.69) is 42.3 Å². The molecule has 1 aromatic heterocycles. The van der Waals surface area contributed by atoms with E-state index in [0.29, 0.717) is 16.6 Å². The van der Waals surface area contributed by atoms with Crippen LogP contribution in [0.15, 0.2) is 42.5 Å². The predicted molar refractivity (Wildman–Crippen MR) is 119 cm³/mol. The summed E-state index contributed by atoms with van der Waals surface area (Å²) in [4.78, 5) is 18.1. The first-order chi connectivity index (χ1) is 13.9. The van der Waals surface area contributed by atoms with Crippen LogP contribution in [0.4, 0.5) is 5.13 Å². The van der Waals surface area contributed by atoms with Crippen molar-refractivity contribution < 1.29 is 14.3 Å².